The van der Waals surface area contributed by atoms with Crippen LogP contribution in [0.3, 0.4) is 0 Å². The molecular formula is C14H18N2O2S. The first-order valence-electron chi connectivity index (χ1n) is 6.35. The molecule has 4 nitrogen and oxygen atoms in total. The normalized spacial score (nSPS) is 18.9. The van der Waals surface area contributed by atoms with Crippen LogP contribution < -0.4 is 5.32 Å². The van der Waals surface area contributed by atoms with E-state index in [2.05, 4.69) is 28.1 Å². The van der Waals surface area contributed by atoms with E-state index in [4.69, 9.17) is 5.11 Å². The lowest BCUT2D eigenvalue weighted by Gasteiger charge is -2.15. The molecule has 1 aromatic heterocycles. The smallest absolute Gasteiger partial charge is 0.217 e. The molecule has 1 saturated heterocycles. The number of amides is 1. The van der Waals surface area contributed by atoms with Crippen LogP contribution in [-0.4, -0.2) is 41.7 Å². The first kappa shape index (κ1) is 14.1. The third-order valence-corrected chi connectivity index (χ3v) is 4.00. The molecule has 2 heterocycles. The highest BCUT2D eigenvalue weighted by molar-refractivity contribution is 7.12. The summed E-state index contributed by atoms with van der Waals surface area (Å²) in [4.78, 5) is 15.6. The molecular weight excluding hydrogens is 260 g/mol. The maximum Gasteiger partial charge on any atom is 0.217 e. The second kappa shape index (κ2) is 6.71. The predicted molar refractivity (Wildman–Crippen MR) is 75.8 cm³/mol. The third-order valence-electron chi connectivity index (χ3n) is 3.01. The van der Waals surface area contributed by atoms with Crippen LogP contribution in [0.1, 0.15) is 23.1 Å². The fourth-order valence-electron chi connectivity index (χ4n) is 2.26. The predicted octanol–water partition coefficient (Wildman–Crippen LogP) is 0.802. The van der Waals surface area contributed by atoms with Crippen molar-refractivity contribution in [1.29, 1.82) is 0 Å². The van der Waals surface area contributed by atoms with Gasteiger partial charge in [0.15, 0.2) is 0 Å². The van der Waals surface area contributed by atoms with Gasteiger partial charge in [0.2, 0.25) is 5.91 Å². The van der Waals surface area contributed by atoms with E-state index in [-0.39, 0.29) is 18.6 Å². The van der Waals surface area contributed by atoms with Crippen LogP contribution in [0, 0.1) is 11.8 Å². The number of nitrogens with zero attached hydrogens (tertiary/aromatic N) is 1. The fourth-order valence-corrected chi connectivity index (χ4v) is 3.18. The molecule has 2 rings (SSSR count). The molecule has 1 aliphatic heterocycles. The van der Waals surface area contributed by atoms with Gasteiger partial charge in [-0.25, -0.2) is 0 Å². The lowest BCUT2D eigenvalue weighted by atomic mass is 10.2. The zero-order valence-electron chi connectivity index (χ0n) is 11.0. The first-order chi connectivity index (χ1) is 9.17. The zero-order chi connectivity index (χ0) is 13.7. The molecule has 0 aromatic carbocycles. The number of carbonyl (C=O) groups excluding carboxylic acids is 1. The van der Waals surface area contributed by atoms with E-state index in [0.29, 0.717) is 0 Å². The van der Waals surface area contributed by atoms with Crippen LogP contribution >= 0.6 is 11.3 Å². The summed E-state index contributed by atoms with van der Waals surface area (Å²) in [6, 6.07) is 4.35. The van der Waals surface area contributed by atoms with Gasteiger partial charge in [0.05, 0.1) is 4.88 Å². The Morgan fingerprint density at radius 2 is 2.47 bits per heavy atom. The molecule has 1 unspecified atom stereocenters. The highest BCUT2D eigenvalue weighted by Gasteiger charge is 2.23. The van der Waals surface area contributed by atoms with E-state index in [0.717, 1.165) is 30.9 Å². The summed E-state index contributed by atoms with van der Waals surface area (Å²) in [6.45, 7) is 4.29. The molecule has 5 heteroatoms. The SMILES string of the molecule is CC(=O)NC1CCN(Cc2ccc(C#CCO)s2)C1. The monoisotopic (exact) mass is 278 g/mol. The van der Waals surface area contributed by atoms with Gasteiger partial charge < -0.3 is 10.4 Å². The molecule has 1 amide bonds. The summed E-state index contributed by atoms with van der Waals surface area (Å²) < 4.78 is 0. The van der Waals surface area contributed by atoms with Crippen LogP contribution in [0.25, 0.3) is 0 Å². The first-order valence-corrected chi connectivity index (χ1v) is 7.17. The molecule has 0 bridgehead atoms. The molecule has 1 fully saturated rings. The van der Waals surface area contributed by atoms with Crippen molar-refractivity contribution in [2.45, 2.75) is 25.9 Å². The molecule has 102 valence electrons. The minimum atomic E-state index is -0.0995. The molecule has 0 radical (unpaired) electrons. The van der Waals surface area contributed by atoms with Crippen LogP contribution in [-0.2, 0) is 11.3 Å². The van der Waals surface area contributed by atoms with Crippen molar-refractivity contribution >= 4 is 17.2 Å². The number of aliphatic hydroxyl groups is 1. The summed E-state index contributed by atoms with van der Waals surface area (Å²) in [5.74, 6) is 5.62. The van der Waals surface area contributed by atoms with Crippen molar-refractivity contribution in [2.75, 3.05) is 19.7 Å². The van der Waals surface area contributed by atoms with Gasteiger partial charge in [-0.2, -0.15) is 0 Å². The van der Waals surface area contributed by atoms with Gasteiger partial charge in [-0.3, -0.25) is 9.69 Å². The van der Waals surface area contributed by atoms with E-state index >= 15 is 0 Å². The Balaban J connectivity index is 1.85. The lowest BCUT2D eigenvalue weighted by molar-refractivity contribution is -0.119. The van der Waals surface area contributed by atoms with Gasteiger partial charge in [0.1, 0.15) is 6.61 Å². The average Bonchev–Trinajstić information content (AvgIpc) is 2.96. The molecule has 2 N–H and O–H groups in total. The molecule has 1 aliphatic rings. The summed E-state index contributed by atoms with van der Waals surface area (Å²) in [6.07, 6.45) is 1.02. The Morgan fingerprint density at radius 1 is 1.63 bits per heavy atom. The maximum absolute atomic E-state index is 11.0. The number of nitrogens with one attached hydrogen (secondary N) is 1. The summed E-state index contributed by atoms with van der Waals surface area (Å²) in [5, 5.41) is 11.6. The molecule has 1 atom stereocenters. The number of rotatable bonds is 3. The maximum atomic E-state index is 11.0. The van der Waals surface area contributed by atoms with Gasteiger partial charge in [-0.15, -0.1) is 11.3 Å². The van der Waals surface area contributed by atoms with E-state index < -0.39 is 0 Å². The number of hydrogen-bond acceptors (Lipinski definition) is 4. The van der Waals surface area contributed by atoms with Gasteiger partial charge in [-0.1, -0.05) is 11.8 Å². The van der Waals surface area contributed by atoms with Crippen molar-refractivity contribution in [3.05, 3.63) is 21.9 Å². The highest BCUT2D eigenvalue weighted by Crippen LogP contribution is 2.20. The lowest BCUT2D eigenvalue weighted by Crippen LogP contribution is -2.35. The molecule has 0 spiro atoms. The Bertz CT molecular complexity index is 501. The molecule has 1 aromatic rings. The summed E-state index contributed by atoms with van der Waals surface area (Å²) in [7, 11) is 0. The Labute approximate surface area is 117 Å². The number of hydrogen-bond donors (Lipinski definition) is 2. The van der Waals surface area contributed by atoms with Crippen molar-refractivity contribution in [2.24, 2.45) is 0 Å². The Morgan fingerprint density at radius 3 is 3.21 bits per heavy atom. The van der Waals surface area contributed by atoms with E-state index in [1.54, 1.807) is 18.3 Å². The van der Waals surface area contributed by atoms with Crippen molar-refractivity contribution < 1.29 is 9.90 Å². The second-order valence-electron chi connectivity index (χ2n) is 4.65. The van der Waals surface area contributed by atoms with Gasteiger partial charge >= 0.3 is 0 Å². The fraction of sp³-hybridized carbons (Fsp3) is 0.500. The standard InChI is InChI=1S/C14H18N2O2S/c1-11(18)15-12-6-7-16(9-12)10-14-5-4-13(19-14)3-2-8-17/h4-5,12,17H,6-10H2,1H3,(H,15,18). The van der Waals surface area contributed by atoms with Crippen LogP contribution in [0.15, 0.2) is 12.1 Å². The topological polar surface area (TPSA) is 52.6 Å². The quantitative estimate of drug-likeness (QED) is 0.804. The number of carbonyl (C=O) groups is 1. The number of thiophene rings is 1. The molecule has 19 heavy (non-hydrogen) atoms. The molecule has 0 saturated carbocycles. The summed E-state index contributed by atoms with van der Waals surface area (Å²) >= 11 is 1.66. The number of aliphatic hydroxyl groups excluding tert-OH is 1. The third kappa shape index (κ3) is 4.35. The van der Waals surface area contributed by atoms with Gasteiger partial charge in [-0.05, 0) is 18.6 Å². The van der Waals surface area contributed by atoms with Crippen molar-refractivity contribution in [3.8, 4) is 11.8 Å². The highest BCUT2D eigenvalue weighted by atomic mass is 32.1. The Hall–Kier alpha value is -1.35. The average molecular weight is 278 g/mol. The van der Waals surface area contributed by atoms with Gasteiger partial charge in [0, 0.05) is 37.5 Å². The largest absolute Gasteiger partial charge is 0.384 e. The number of likely N-dealkylation sites (tertiary alicyclic amines) is 1. The minimum Gasteiger partial charge on any atom is -0.384 e. The minimum absolute atomic E-state index is 0.0459. The zero-order valence-corrected chi connectivity index (χ0v) is 11.8. The van der Waals surface area contributed by atoms with Crippen molar-refractivity contribution in [1.82, 2.24) is 10.2 Å². The van der Waals surface area contributed by atoms with Crippen molar-refractivity contribution in [3.63, 3.8) is 0 Å². The molecule has 0 aliphatic carbocycles. The van der Waals surface area contributed by atoms with E-state index in [1.807, 2.05) is 6.07 Å². The van der Waals surface area contributed by atoms with E-state index in [9.17, 15) is 4.79 Å². The van der Waals surface area contributed by atoms with E-state index in [1.165, 1.54) is 4.88 Å². The van der Waals surface area contributed by atoms with Crippen LogP contribution in [0.5, 0.6) is 0 Å². The summed E-state index contributed by atoms with van der Waals surface area (Å²) in [5.41, 5.74) is 0. The van der Waals surface area contributed by atoms with Crippen LogP contribution in [0.4, 0.5) is 0 Å². The van der Waals surface area contributed by atoms with Gasteiger partial charge in [0.25, 0.3) is 0 Å². The second-order valence-corrected chi connectivity index (χ2v) is 5.82. The Kier molecular flexibility index (Phi) is 4.97. The van der Waals surface area contributed by atoms with Crippen LogP contribution in [0.2, 0.25) is 0 Å².